The van der Waals surface area contributed by atoms with Crippen molar-refractivity contribution in [3.63, 3.8) is 0 Å². The average Bonchev–Trinajstić information content (AvgIpc) is 3.01. The van der Waals surface area contributed by atoms with Gasteiger partial charge in [0.1, 0.15) is 16.9 Å². The lowest BCUT2D eigenvalue weighted by Crippen LogP contribution is -2.37. The molecule has 1 atom stereocenters. The molecule has 1 aliphatic rings. The van der Waals surface area contributed by atoms with E-state index in [2.05, 4.69) is 5.32 Å². The standard InChI is InChI=1S/C23H21NO3/c1-15-9-11-17(12-10-15)23(16-7-5-4-6-8-16)21-19(24-22(23)25)13-18(26-2)14-20(21)27-3/h4-14H,1-3H3,(H,24,25)/t23-/m0/s1. The van der Waals surface area contributed by atoms with Gasteiger partial charge < -0.3 is 14.8 Å². The molecule has 3 aromatic rings. The number of fused-ring (bicyclic) bond motifs is 1. The minimum atomic E-state index is -0.984. The fourth-order valence-corrected chi connectivity index (χ4v) is 3.89. The summed E-state index contributed by atoms with van der Waals surface area (Å²) in [5.74, 6) is 1.16. The summed E-state index contributed by atoms with van der Waals surface area (Å²) in [5, 5.41) is 3.05. The summed E-state index contributed by atoms with van der Waals surface area (Å²) in [7, 11) is 3.21. The summed E-state index contributed by atoms with van der Waals surface area (Å²) in [5.41, 5.74) is 3.48. The van der Waals surface area contributed by atoms with Crippen LogP contribution in [0, 0.1) is 6.92 Å². The van der Waals surface area contributed by atoms with Gasteiger partial charge in [0, 0.05) is 17.7 Å². The lowest BCUT2D eigenvalue weighted by atomic mass is 9.69. The number of carbonyl (C=O) groups is 1. The van der Waals surface area contributed by atoms with Crippen molar-refractivity contribution < 1.29 is 14.3 Å². The molecule has 4 nitrogen and oxygen atoms in total. The third kappa shape index (κ3) is 2.48. The number of rotatable bonds is 4. The van der Waals surface area contributed by atoms with Gasteiger partial charge in [0.15, 0.2) is 0 Å². The molecular formula is C23H21NO3. The molecule has 0 spiro atoms. The number of ether oxygens (including phenoxy) is 2. The molecule has 3 aromatic carbocycles. The molecule has 0 fully saturated rings. The van der Waals surface area contributed by atoms with Crippen LogP contribution in [0.25, 0.3) is 0 Å². The van der Waals surface area contributed by atoms with E-state index in [4.69, 9.17) is 9.47 Å². The summed E-state index contributed by atoms with van der Waals surface area (Å²) in [6.07, 6.45) is 0. The molecule has 0 radical (unpaired) electrons. The summed E-state index contributed by atoms with van der Waals surface area (Å²) < 4.78 is 11.1. The Bertz CT molecular complexity index is 996. The molecule has 1 aliphatic heterocycles. The molecule has 0 bridgehead atoms. The first-order valence-electron chi connectivity index (χ1n) is 8.82. The van der Waals surface area contributed by atoms with Crippen molar-refractivity contribution in [2.75, 3.05) is 19.5 Å². The van der Waals surface area contributed by atoms with Crippen molar-refractivity contribution >= 4 is 11.6 Å². The van der Waals surface area contributed by atoms with Crippen LogP contribution in [0.4, 0.5) is 5.69 Å². The maximum Gasteiger partial charge on any atom is 0.244 e. The van der Waals surface area contributed by atoms with E-state index in [1.54, 1.807) is 14.2 Å². The van der Waals surface area contributed by atoms with Gasteiger partial charge >= 0.3 is 0 Å². The second-order valence-electron chi connectivity index (χ2n) is 6.69. The molecule has 0 saturated carbocycles. The van der Waals surface area contributed by atoms with Crippen molar-refractivity contribution in [1.29, 1.82) is 0 Å². The minimum Gasteiger partial charge on any atom is -0.497 e. The first kappa shape index (κ1) is 17.2. The van der Waals surface area contributed by atoms with Crippen molar-refractivity contribution in [3.05, 3.63) is 89.0 Å². The number of methoxy groups -OCH3 is 2. The van der Waals surface area contributed by atoms with Gasteiger partial charge in [0.05, 0.1) is 19.9 Å². The highest BCUT2D eigenvalue weighted by Gasteiger charge is 2.51. The molecule has 0 aromatic heterocycles. The number of hydrogen-bond donors (Lipinski definition) is 1. The molecule has 4 heteroatoms. The predicted octanol–water partition coefficient (Wildman–Crippen LogP) is 4.30. The maximum atomic E-state index is 13.5. The van der Waals surface area contributed by atoms with Gasteiger partial charge in [0.25, 0.3) is 0 Å². The van der Waals surface area contributed by atoms with E-state index >= 15 is 0 Å². The van der Waals surface area contributed by atoms with Crippen molar-refractivity contribution in [2.45, 2.75) is 12.3 Å². The fourth-order valence-electron chi connectivity index (χ4n) is 3.89. The van der Waals surface area contributed by atoms with Gasteiger partial charge in [-0.2, -0.15) is 0 Å². The number of anilines is 1. The Morgan fingerprint density at radius 2 is 1.52 bits per heavy atom. The van der Waals surface area contributed by atoms with E-state index in [0.717, 1.165) is 22.3 Å². The predicted molar refractivity (Wildman–Crippen MR) is 106 cm³/mol. The molecule has 0 unspecified atom stereocenters. The van der Waals surface area contributed by atoms with Crippen LogP contribution >= 0.6 is 0 Å². The summed E-state index contributed by atoms with van der Waals surface area (Å²) in [6, 6.07) is 21.6. The van der Waals surface area contributed by atoms with E-state index in [1.165, 1.54) is 0 Å². The number of benzene rings is 3. The third-order valence-electron chi connectivity index (χ3n) is 5.19. The van der Waals surface area contributed by atoms with Crippen molar-refractivity contribution in [3.8, 4) is 11.5 Å². The molecule has 27 heavy (non-hydrogen) atoms. The molecule has 0 aliphatic carbocycles. The molecule has 1 heterocycles. The summed E-state index contributed by atoms with van der Waals surface area (Å²) in [4.78, 5) is 13.5. The second kappa shape index (κ2) is 6.47. The highest BCUT2D eigenvalue weighted by Crippen LogP contribution is 2.52. The fraction of sp³-hybridized carbons (Fsp3) is 0.174. The average molecular weight is 359 g/mol. The molecule has 136 valence electrons. The van der Waals surface area contributed by atoms with Crippen LogP contribution in [0.1, 0.15) is 22.3 Å². The van der Waals surface area contributed by atoms with Gasteiger partial charge in [-0.3, -0.25) is 4.79 Å². The van der Waals surface area contributed by atoms with Crippen LogP contribution in [-0.4, -0.2) is 20.1 Å². The van der Waals surface area contributed by atoms with Crippen LogP contribution in [0.3, 0.4) is 0 Å². The topological polar surface area (TPSA) is 47.6 Å². The maximum absolute atomic E-state index is 13.5. The lowest BCUT2D eigenvalue weighted by Gasteiger charge is -2.30. The zero-order valence-corrected chi connectivity index (χ0v) is 15.6. The third-order valence-corrected chi connectivity index (χ3v) is 5.19. The first-order valence-corrected chi connectivity index (χ1v) is 8.82. The Morgan fingerprint density at radius 3 is 2.15 bits per heavy atom. The normalized spacial score (nSPS) is 18.0. The Morgan fingerprint density at radius 1 is 0.852 bits per heavy atom. The second-order valence-corrected chi connectivity index (χ2v) is 6.69. The van der Waals surface area contributed by atoms with Crippen molar-refractivity contribution in [2.24, 2.45) is 0 Å². The van der Waals surface area contributed by atoms with Gasteiger partial charge in [-0.25, -0.2) is 0 Å². The van der Waals surface area contributed by atoms with E-state index in [0.29, 0.717) is 17.2 Å². The first-order chi connectivity index (χ1) is 13.1. The highest BCUT2D eigenvalue weighted by atomic mass is 16.5. The van der Waals surface area contributed by atoms with Crippen LogP contribution in [0.15, 0.2) is 66.7 Å². The number of hydrogen-bond acceptors (Lipinski definition) is 3. The van der Waals surface area contributed by atoms with Gasteiger partial charge in [-0.05, 0) is 18.1 Å². The zero-order valence-electron chi connectivity index (χ0n) is 15.6. The quantitative estimate of drug-likeness (QED) is 0.756. The van der Waals surface area contributed by atoms with E-state index in [-0.39, 0.29) is 5.91 Å². The van der Waals surface area contributed by atoms with E-state index in [9.17, 15) is 4.79 Å². The molecule has 4 rings (SSSR count). The van der Waals surface area contributed by atoms with Crippen LogP contribution < -0.4 is 14.8 Å². The minimum absolute atomic E-state index is 0.0980. The summed E-state index contributed by atoms with van der Waals surface area (Å²) >= 11 is 0. The van der Waals surface area contributed by atoms with Gasteiger partial charge in [-0.15, -0.1) is 0 Å². The molecule has 0 saturated heterocycles. The SMILES string of the molecule is COc1cc2c(c(OC)c1)[C@](c1ccccc1)(c1ccc(C)cc1)C(=O)N2. The van der Waals surface area contributed by atoms with Crippen LogP contribution in [-0.2, 0) is 10.2 Å². The monoisotopic (exact) mass is 359 g/mol. The zero-order chi connectivity index (χ0) is 19.0. The molecular weight excluding hydrogens is 338 g/mol. The molecule has 1 amide bonds. The lowest BCUT2D eigenvalue weighted by molar-refractivity contribution is -0.118. The number of nitrogens with one attached hydrogen (secondary N) is 1. The largest absolute Gasteiger partial charge is 0.497 e. The van der Waals surface area contributed by atoms with Gasteiger partial charge in [-0.1, -0.05) is 60.2 Å². The highest BCUT2D eigenvalue weighted by molar-refractivity contribution is 6.12. The Balaban J connectivity index is 2.10. The Labute approximate surface area is 158 Å². The number of carbonyl (C=O) groups excluding carboxylic acids is 1. The van der Waals surface area contributed by atoms with Crippen LogP contribution in [0.2, 0.25) is 0 Å². The Kier molecular flexibility index (Phi) is 4.11. The van der Waals surface area contributed by atoms with E-state index < -0.39 is 5.41 Å². The molecule has 1 N–H and O–H groups in total. The van der Waals surface area contributed by atoms with Crippen molar-refractivity contribution in [1.82, 2.24) is 0 Å². The number of amides is 1. The number of aryl methyl sites for hydroxylation is 1. The Hall–Kier alpha value is -3.27. The summed E-state index contributed by atoms with van der Waals surface area (Å²) in [6.45, 7) is 2.03. The van der Waals surface area contributed by atoms with E-state index in [1.807, 2.05) is 73.7 Å². The van der Waals surface area contributed by atoms with Gasteiger partial charge in [0.2, 0.25) is 5.91 Å². The smallest absolute Gasteiger partial charge is 0.244 e. The van der Waals surface area contributed by atoms with Crippen LogP contribution in [0.5, 0.6) is 11.5 Å².